The second kappa shape index (κ2) is 37.6. The largest absolute Gasteiger partial charge is 0.458 e. The van der Waals surface area contributed by atoms with Crippen molar-refractivity contribution in [2.45, 2.75) is 257 Å². The van der Waals surface area contributed by atoms with Crippen LogP contribution >= 0.6 is 0 Å². The number of carbonyl (C=O) groups excluding carboxylic acids is 14. The third-order valence-corrected chi connectivity index (χ3v) is 23.4. The molecule has 28 nitrogen and oxygen atoms in total. The van der Waals surface area contributed by atoms with Gasteiger partial charge in [0.25, 0.3) is 0 Å². The molecule has 8 aliphatic heterocycles. The smallest absolute Gasteiger partial charge is 0.329 e. The Bertz CT molecular complexity index is 4290. The van der Waals surface area contributed by atoms with Crippen LogP contribution in [0.3, 0.4) is 0 Å². The maximum atomic E-state index is 14.8. The molecule has 0 bridgehead atoms. The minimum absolute atomic E-state index is 0.0228. The summed E-state index contributed by atoms with van der Waals surface area (Å²) in [6, 6.07) is 17.7. The lowest BCUT2D eigenvalue weighted by Crippen LogP contribution is -2.63. The van der Waals surface area contributed by atoms with Crippen LogP contribution in [-0.4, -0.2) is 236 Å². The first-order valence-corrected chi connectivity index (χ1v) is 40.7. The van der Waals surface area contributed by atoms with Gasteiger partial charge in [0.2, 0.25) is 70.9 Å². The Labute approximate surface area is 667 Å². The number of cyclic esters (lactones) is 2. The lowest BCUT2D eigenvalue weighted by molar-refractivity contribution is -0.163. The third kappa shape index (κ3) is 20.5. The highest BCUT2D eigenvalue weighted by atomic mass is 16.6. The molecule has 28 heteroatoms. The molecule has 0 unspecified atom stereocenters. The highest BCUT2D eigenvalue weighted by Gasteiger charge is 2.51. The van der Waals surface area contributed by atoms with Gasteiger partial charge in [-0.3, -0.25) is 57.5 Å². The zero-order valence-electron chi connectivity index (χ0n) is 67.2. The van der Waals surface area contributed by atoms with Crippen molar-refractivity contribution in [1.29, 1.82) is 0 Å². The minimum Gasteiger partial charge on any atom is -0.458 e. The molecule has 8 aliphatic rings. The van der Waals surface area contributed by atoms with Crippen molar-refractivity contribution in [1.82, 2.24) is 61.3 Å². The number of esters is 2. The zero-order chi connectivity index (χ0) is 81.9. The summed E-state index contributed by atoms with van der Waals surface area (Å²) in [5.74, 6) is -7.52. The van der Waals surface area contributed by atoms with Crippen LogP contribution in [0.15, 0.2) is 97.1 Å². The molecule has 8 heterocycles. The minimum atomic E-state index is -1.45. The Morgan fingerprint density at radius 1 is 0.395 bits per heavy atom. The second-order valence-electron chi connectivity index (χ2n) is 32.8. The zero-order valence-corrected chi connectivity index (χ0v) is 67.2. The Morgan fingerprint density at radius 2 is 0.754 bits per heavy atom. The molecule has 0 aromatic heterocycles. The predicted molar refractivity (Wildman–Crippen MR) is 420 cm³/mol. The van der Waals surface area contributed by atoms with E-state index in [9.17, 15) is 67.1 Å². The van der Waals surface area contributed by atoms with Crippen LogP contribution in [0.5, 0.6) is 0 Å². The van der Waals surface area contributed by atoms with Crippen LogP contribution in [-0.2, 0) is 102 Å². The van der Waals surface area contributed by atoms with Gasteiger partial charge in [0, 0.05) is 52.1 Å². The molecule has 0 radical (unpaired) electrons. The fraction of sp³-hybridized carbons (Fsp3) is 0.558. The molecule has 16 atom stereocenters. The highest BCUT2D eigenvalue weighted by Crippen LogP contribution is 2.32. The van der Waals surface area contributed by atoms with Crippen LogP contribution in [0.25, 0.3) is 0 Å². The van der Waals surface area contributed by atoms with E-state index in [1.165, 1.54) is 43.2 Å². The maximum absolute atomic E-state index is 14.8. The van der Waals surface area contributed by atoms with Crippen molar-refractivity contribution >= 4 is 82.8 Å². The molecule has 8 fully saturated rings. The van der Waals surface area contributed by atoms with Crippen molar-refractivity contribution in [2.75, 3.05) is 39.3 Å². The highest BCUT2D eigenvalue weighted by molar-refractivity contribution is 6.00. The van der Waals surface area contributed by atoms with Crippen molar-refractivity contribution in [3.63, 3.8) is 0 Å². The van der Waals surface area contributed by atoms with Gasteiger partial charge in [-0.2, -0.15) is 0 Å². The Balaban J connectivity index is 0.000000225. The number of benzene rings is 4. The molecule has 4 aromatic carbocycles. The van der Waals surface area contributed by atoms with E-state index in [0.29, 0.717) is 90.1 Å². The van der Waals surface area contributed by atoms with E-state index in [1.807, 2.05) is 139 Å². The van der Waals surface area contributed by atoms with Gasteiger partial charge in [-0.15, -0.1) is 0 Å². The van der Waals surface area contributed by atoms with E-state index in [4.69, 9.17) is 9.47 Å². The summed E-state index contributed by atoms with van der Waals surface area (Å²) in [5, 5.41) is 17.0. The Kier molecular flexibility index (Phi) is 27.8. The Hall–Kier alpha value is -10.5. The van der Waals surface area contributed by atoms with Crippen LogP contribution in [0, 0.1) is 39.5 Å². The average molecular weight is 1570 g/mol. The summed E-state index contributed by atoms with van der Waals surface area (Å²) in [4.78, 5) is 206. The SMILES string of the molecule is Cc1ccc(CC(=O)N[C@@H](Cc2cccc(C)c2)C(=O)N[C@@H]2C(=O)N3CCC[C@H]3C(=O)N3CCCC[C@H]3C(=O)N[C@@H](C)C(=O)N3C[C@H](C)C[C@H]3C(=O)O[C@H]2C)cc1.Cc1cccc(CC(=O)N[C@@H](Cc2cccc(C)c2)C(=O)N[C@@H]2C(=O)N3CCC[C@H]3C(=O)N3CCCC[C@H]3C(=O)N[C@@H](C)C(=O)N3C[C@H](C)C[C@H]3C(=O)O[C@H]2C)c1. The number of hydrogen-bond acceptors (Lipinski definition) is 16. The molecule has 114 heavy (non-hydrogen) atoms. The van der Waals surface area contributed by atoms with Crippen LogP contribution < -0.4 is 31.9 Å². The van der Waals surface area contributed by atoms with E-state index in [2.05, 4.69) is 31.9 Å². The number of fused-ring (bicyclic) bond motifs is 6. The van der Waals surface area contributed by atoms with Gasteiger partial charge in [0.05, 0.1) is 12.8 Å². The number of nitrogens with one attached hydrogen (secondary N) is 6. The van der Waals surface area contributed by atoms with Crippen molar-refractivity contribution in [3.05, 3.63) is 142 Å². The lowest BCUT2D eigenvalue weighted by Gasteiger charge is -2.39. The predicted octanol–water partition coefficient (Wildman–Crippen LogP) is 4.23. The number of carbonyl (C=O) groups is 14. The summed E-state index contributed by atoms with van der Waals surface area (Å²) >= 11 is 0. The first kappa shape index (κ1) is 84.4. The van der Waals surface area contributed by atoms with Gasteiger partial charge in [-0.05, 0) is 167 Å². The van der Waals surface area contributed by atoms with Gasteiger partial charge in [0.15, 0.2) is 0 Å². The molecular weight excluding hydrogens is 1460 g/mol. The summed E-state index contributed by atoms with van der Waals surface area (Å²) < 4.78 is 12.0. The first-order valence-electron chi connectivity index (χ1n) is 40.7. The number of ether oxygens (including phenoxy) is 2. The van der Waals surface area contributed by atoms with E-state index >= 15 is 0 Å². The van der Waals surface area contributed by atoms with Crippen molar-refractivity contribution in [2.24, 2.45) is 11.8 Å². The maximum Gasteiger partial charge on any atom is 0.329 e. The fourth-order valence-corrected chi connectivity index (χ4v) is 17.4. The number of amides is 12. The molecule has 0 saturated carbocycles. The normalized spacial score (nSPS) is 27.8. The molecular formula is C86H112N12O16. The first-order chi connectivity index (χ1) is 54.4. The van der Waals surface area contributed by atoms with Gasteiger partial charge in [-0.1, -0.05) is 133 Å². The van der Waals surface area contributed by atoms with E-state index < -0.39 is 156 Å². The molecule has 12 rings (SSSR count). The van der Waals surface area contributed by atoms with Crippen LogP contribution in [0.4, 0.5) is 0 Å². The summed E-state index contributed by atoms with van der Waals surface area (Å²) in [7, 11) is 0. The van der Waals surface area contributed by atoms with Gasteiger partial charge < -0.3 is 70.8 Å². The number of piperidine rings is 2. The van der Waals surface area contributed by atoms with E-state index in [-0.39, 0.29) is 75.5 Å². The summed E-state index contributed by atoms with van der Waals surface area (Å²) in [6.07, 6.45) is 3.75. The molecule has 12 amide bonds. The average Bonchev–Trinajstić information content (AvgIpc) is 1.58. The van der Waals surface area contributed by atoms with E-state index in [1.54, 1.807) is 13.8 Å². The topological polar surface area (TPSA) is 349 Å². The number of rotatable bonds is 14. The summed E-state index contributed by atoms with van der Waals surface area (Å²) in [6.45, 7) is 19.3. The number of hydrogen-bond donors (Lipinski definition) is 6. The molecule has 612 valence electrons. The van der Waals surface area contributed by atoms with Gasteiger partial charge in [-0.25, -0.2) is 9.59 Å². The van der Waals surface area contributed by atoms with Crippen molar-refractivity contribution < 1.29 is 76.6 Å². The summed E-state index contributed by atoms with van der Waals surface area (Å²) in [5.41, 5.74) is 7.08. The second-order valence-corrected chi connectivity index (χ2v) is 32.8. The quantitative estimate of drug-likeness (QED) is 0.0962. The monoisotopic (exact) mass is 1570 g/mol. The molecule has 0 spiro atoms. The molecule has 0 aliphatic carbocycles. The molecule has 4 aromatic rings. The van der Waals surface area contributed by atoms with E-state index in [0.717, 1.165) is 44.5 Å². The fourth-order valence-electron chi connectivity index (χ4n) is 17.4. The number of nitrogens with zero attached hydrogens (tertiary/aromatic N) is 6. The van der Waals surface area contributed by atoms with Crippen LogP contribution in [0.2, 0.25) is 0 Å². The van der Waals surface area contributed by atoms with Gasteiger partial charge >= 0.3 is 11.9 Å². The molecule has 8 saturated heterocycles. The van der Waals surface area contributed by atoms with Crippen molar-refractivity contribution in [3.8, 4) is 0 Å². The lowest BCUT2D eigenvalue weighted by atomic mass is 9.99. The molecule has 6 N–H and O–H groups in total. The van der Waals surface area contributed by atoms with Crippen LogP contribution in [0.1, 0.15) is 163 Å². The third-order valence-electron chi connectivity index (χ3n) is 23.4. The number of aryl methyl sites for hydroxylation is 4. The van der Waals surface area contributed by atoms with Gasteiger partial charge in [0.1, 0.15) is 84.7 Å². The standard InChI is InChI=1S/2C43H56N6O8/c1-25-11-8-13-30(19-25)22-32(45-36(50)23-31-14-9-12-26(2)20-31)38(51)46-37-29(5)57-43(56)35-21-27(3)24-49(35)40(53)28(4)44-39(52)33-15-6-7-17-47(33)41(54)34-16-10-18-48(34)42(37)55;1-25-14-16-30(17-15-25)23-36(50)45-32(22-31-11-8-10-26(2)20-31)38(51)46-37-29(5)57-43(56)35-21-27(3)24-49(35)40(53)28(4)44-39(52)33-12-6-7-18-47(33)41(54)34-13-9-19-48(34)42(37)55/h8-9,11-14,19-20,27-29,32-35,37H,6-7,10,15-18,21-24H2,1-5H3,(H,44,52)(H,45,50)(H,46,51);8,10-11,14-17,20,27-29,32-35,37H,6-7,9,12-13,18-19,21-24H2,1-5H3,(H,44,52)(H,45,50)(H,46,51)/t2*27-,28+,29+,32+,33+,34+,35+,37+/m11/s1. The Morgan fingerprint density at radius 3 is 1.16 bits per heavy atom.